The lowest BCUT2D eigenvalue weighted by atomic mass is 10.0. The summed E-state index contributed by atoms with van der Waals surface area (Å²) in [5.41, 5.74) is 4.60. The van der Waals surface area contributed by atoms with E-state index in [1.165, 1.54) is 5.56 Å². The van der Waals surface area contributed by atoms with E-state index in [-0.39, 0.29) is 11.8 Å². The standard InChI is InChI=1S/C25H25N3O2/c29-24(18-28-15-7-12-20-10-4-5-14-23(20)28)27-22-13-6-11-21(16-22)25(30)26-17-19-8-2-1-3-9-19/h1-6,8-11,13-14,16H,7,12,15,17-18H2,(H,26,30)(H,27,29). The monoisotopic (exact) mass is 399 g/mol. The highest BCUT2D eigenvalue weighted by Crippen LogP contribution is 2.26. The molecule has 0 radical (unpaired) electrons. The molecule has 0 atom stereocenters. The Balaban J connectivity index is 1.36. The van der Waals surface area contributed by atoms with Crippen molar-refractivity contribution in [1.82, 2.24) is 5.32 Å². The topological polar surface area (TPSA) is 61.4 Å². The molecule has 0 spiro atoms. The van der Waals surface area contributed by atoms with Crippen molar-refractivity contribution in [3.05, 3.63) is 95.6 Å². The summed E-state index contributed by atoms with van der Waals surface area (Å²) in [6, 6.07) is 25.0. The third-order valence-electron chi connectivity index (χ3n) is 5.25. The number of fused-ring (bicyclic) bond motifs is 1. The van der Waals surface area contributed by atoms with Gasteiger partial charge < -0.3 is 15.5 Å². The Morgan fingerprint density at radius 3 is 2.57 bits per heavy atom. The van der Waals surface area contributed by atoms with Crippen LogP contribution in [0.5, 0.6) is 0 Å². The third kappa shape index (κ3) is 4.87. The van der Waals surface area contributed by atoms with Crippen molar-refractivity contribution in [3.63, 3.8) is 0 Å². The van der Waals surface area contributed by atoms with E-state index in [2.05, 4.69) is 27.7 Å². The van der Waals surface area contributed by atoms with Crippen LogP contribution >= 0.6 is 0 Å². The van der Waals surface area contributed by atoms with E-state index in [0.717, 1.165) is 30.6 Å². The number of carbonyl (C=O) groups is 2. The largest absolute Gasteiger partial charge is 0.362 e. The van der Waals surface area contributed by atoms with Crippen molar-refractivity contribution in [1.29, 1.82) is 0 Å². The molecule has 152 valence electrons. The summed E-state index contributed by atoms with van der Waals surface area (Å²) in [5, 5.41) is 5.84. The molecular weight excluding hydrogens is 374 g/mol. The Labute approximate surface area is 176 Å². The predicted molar refractivity (Wildman–Crippen MR) is 120 cm³/mol. The van der Waals surface area contributed by atoms with E-state index in [4.69, 9.17) is 0 Å². The van der Waals surface area contributed by atoms with Gasteiger partial charge in [0, 0.05) is 30.0 Å². The van der Waals surface area contributed by atoms with Crippen molar-refractivity contribution >= 4 is 23.2 Å². The van der Waals surface area contributed by atoms with Crippen molar-refractivity contribution in [2.75, 3.05) is 23.3 Å². The van der Waals surface area contributed by atoms with Crippen molar-refractivity contribution in [2.45, 2.75) is 19.4 Å². The van der Waals surface area contributed by atoms with Gasteiger partial charge in [-0.05, 0) is 48.2 Å². The van der Waals surface area contributed by atoms with Gasteiger partial charge in [-0.2, -0.15) is 0 Å². The van der Waals surface area contributed by atoms with Gasteiger partial charge in [0.05, 0.1) is 6.54 Å². The highest BCUT2D eigenvalue weighted by atomic mass is 16.2. The fourth-order valence-corrected chi connectivity index (χ4v) is 3.77. The number of carbonyl (C=O) groups excluding carboxylic acids is 2. The van der Waals surface area contributed by atoms with Crippen LogP contribution < -0.4 is 15.5 Å². The molecule has 5 heteroatoms. The molecule has 3 aromatic rings. The minimum atomic E-state index is -0.167. The maximum atomic E-state index is 12.6. The smallest absolute Gasteiger partial charge is 0.251 e. The molecule has 3 aromatic carbocycles. The van der Waals surface area contributed by atoms with Gasteiger partial charge in [0.25, 0.3) is 5.91 Å². The minimum Gasteiger partial charge on any atom is -0.362 e. The normalized spacial score (nSPS) is 12.7. The van der Waals surface area contributed by atoms with Crippen LogP contribution in [0.2, 0.25) is 0 Å². The molecule has 0 saturated carbocycles. The van der Waals surface area contributed by atoms with E-state index in [1.54, 1.807) is 24.3 Å². The molecule has 30 heavy (non-hydrogen) atoms. The Morgan fingerprint density at radius 1 is 0.900 bits per heavy atom. The zero-order chi connectivity index (χ0) is 20.8. The Morgan fingerprint density at radius 2 is 1.70 bits per heavy atom. The van der Waals surface area contributed by atoms with Crippen LogP contribution in [-0.2, 0) is 17.8 Å². The average molecular weight is 399 g/mol. The van der Waals surface area contributed by atoms with Crippen molar-refractivity contribution in [2.24, 2.45) is 0 Å². The molecule has 0 fully saturated rings. The molecule has 4 rings (SSSR count). The minimum absolute atomic E-state index is 0.0893. The summed E-state index contributed by atoms with van der Waals surface area (Å²) in [7, 11) is 0. The van der Waals surface area contributed by atoms with Gasteiger partial charge in [-0.15, -0.1) is 0 Å². The van der Waals surface area contributed by atoms with Gasteiger partial charge in [-0.1, -0.05) is 54.6 Å². The molecule has 1 aliphatic rings. The van der Waals surface area contributed by atoms with Crippen LogP contribution in [0.25, 0.3) is 0 Å². The highest BCUT2D eigenvalue weighted by molar-refractivity contribution is 5.98. The number of anilines is 2. The van der Waals surface area contributed by atoms with Gasteiger partial charge in [-0.25, -0.2) is 0 Å². The van der Waals surface area contributed by atoms with Crippen LogP contribution in [0.15, 0.2) is 78.9 Å². The first kappa shape index (κ1) is 19.7. The number of hydrogen-bond donors (Lipinski definition) is 2. The van der Waals surface area contributed by atoms with E-state index >= 15 is 0 Å². The summed E-state index contributed by atoms with van der Waals surface area (Å²) in [5.74, 6) is -0.256. The fraction of sp³-hybridized carbons (Fsp3) is 0.200. The van der Waals surface area contributed by atoms with Crippen LogP contribution in [0, 0.1) is 0 Å². The number of rotatable bonds is 6. The Hall–Kier alpha value is -3.60. The lowest BCUT2D eigenvalue weighted by Gasteiger charge is -2.30. The molecule has 0 aromatic heterocycles. The molecule has 2 amide bonds. The molecule has 0 aliphatic carbocycles. The van der Waals surface area contributed by atoms with Crippen molar-refractivity contribution < 1.29 is 9.59 Å². The lowest BCUT2D eigenvalue weighted by Crippen LogP contribution is -2.36. The summed E-state index contributed by atoms with van der Waals surface area (Å²) in [4.78, 5) is 27.2. The van der Waals surface area contributed by atoms with E-state index in [0.29, 0.717) is 24.3 Å². The second-order valence-corrected chi connectivity index (χ2v) is 7.45. The first-order valence-electron chi connectivity index (χ1n) is 10.2. The number of amides is 2. The number of para-hydroxylation sites is 1. The van der Waals surface area contributed by atoms with Crippen LogP contribution in [-0.4, -0.2) is 24.9 Å². The second kappa shape index (κ2) is 9.27. The molecule has 5 nitrogen and oxygen atoms in total. The molecule has 0 unspecified atom stereocenters. The Kier molecular flexibility index (Phi) is 6.09. The van der Waals surface area contributed by atoms with Crippen LogP contribution in [0.3, 0.4) is 0 Å². The van der Waals surface area contributed by atoms with Crippen LogP contribution in [0.1, 0.15) is 27.9 Å². The van der Waals surface area contributed by atoms with E-state index < -0.39 is 0 Å². The first-order chi connectivity index (χ1) is 14.7. The maximum Gasteiger partial charge on any atom is 0.251 e. The maximum absolute atomic E-state index is 12.6. The molecule has 2 N–H and O–H groups in total. The third-order valence-corrected chi connectivity index (χ3v) is 5.25. The predicted octanol–water partition coefficient (Wildman–Crippen LogP) is 4.01. The number of benzene rings is 3. The van der Waals surface area contributed by atoms with Gasteiger partial charge in [-0.3, -0.25) is 9.59 Å². The summed E-state index contributed by atoms with van der Waals surface area (Å²) < 4.78 is 0. The van der Waals surface area contributed by atoms with Crippen molar-refractivity contribution in [3.8, 4) is 0 Å². The Bertz CT molecular complexity index is 1030. The quantitative estimate of drug-likeness (QED) is 0.658. The molecular formula is C25H25N3O2. The van der Waals surface area contributed by atoms with Gasteiger partial charge >= 0.3 is 0 Å². The molecule has 1 heterocycles. The van der Waals surface area contributed by atoms with E-state index in [9.17, 15) is 9.59 Å². The second-order valence-electron chi connectivity index (χ2n) is 7.45. The van der Waals surface area contributed by atoms with Crippen LogP contribution in [0.4, 0.5) is 11.4 Å². The van der Waals surface area contributed by atoms with E-state index in [1.807, 2.05) is 42.5 Å². The first-order valence-corrected chi connectivity index (χ1v) is 10.2. The molecule has 0 bridgehead atoms. The fourth-order valence-electron chi connectivity index (χ4n) is 3.77. The summed E-state index contributed by atoms with van der Waals surface area (Å²) in [6.45, 7) is 1.62. The summed E-state index contributed by atoms with van der Waals surface area (Å²) in [6.07, 6.45) is 2.09. The van der Waals surface area contributed by atoms with Gasteiger partial charge in [0.1, 0.15) is 0 Å². The average Bonchev–Trinajstić information content (AvgIpc) is 2.78. The highest BCUT2D eigenvalue weighted by Gasteiger charge is 2.18. The van der Waals surface area contributed by atoms with Gasteiger partial charge in [0.15, 0.2) is 0 Å². The number of aryl methyl sites for hydroxylation is 1. The zero-order valence-electron chi connectivity index (χ0n) is 16.8. The number of nitrogens with one attached hydrogen (secondary N) is 2. The van der Waals surface area contributed by atoms with Gasteiger partial charge in [0.2, 0.25) is 5.91 Å². The SMILES string of the molecule is O=C(CN1CCCc2ccccc21)Nc1cccc(C(=O)NCc2ccccc2)c1. The number of hydrogen-bond acceptors (Lipinski definition) is 3. The molecule has 0 saturated heterocycles. The lowest BCUT2D eigenvalue weighted by molar-refractivity contribution is -0.115. The number of nitrogens with zero attached hydrogens (tertiary/aromatic N) is 1. The summed E-state index contributed by atoms with van der Waals surface area (Å²) >= 11 is 0. The molecule has 1 aliphatic heterocycles. The zero-order valence-corrected chi connectivity index (χ0v) is 16.8.